The summed E-state index contributed by atoms with van der Waals surface area (Å²) >= 11 is 0. The van der Waals surface area contributed by atoms with Crippen molar-refractivity contribution in [3.63, 3.8) is 0 Å². The van der Waals surface area contributed by atoms with Crippen LogP contribution < -0.4 is 10.2 Å². The Morgan fingerprint density at radius 1 is 0.866 bits per heavy atom. The number of phenols is 1. The monoisotopic (exact) mass is 900 g/mol. The molecule has 3 aliphatic heterocycles. The summed E-state index contributed by atoms with van der Waals surface area (Å²) in [6.45, 7) is 3.39. The number of nitro groups is 1. The van der Waals surface area contributed by atoms with Gasteiger partial charge in [0.05, 0.1) is 28.6 Å². The van der Waals surface area contributed by atoms with Gasteiger partial charge in [-0.25, -0.2) is 9.69 Å². The van der Waals surface area contributed by atoms with Crippen molar-refractivity contribution in [3.8, 4) is 17.6 Å². The normalized spacial score (nSPS) is 24.0. The highest BCUT2D eigenvalue weighted by Gasteiger charge is 2.75. The average molecular weight is 901 g/mol. The summed E-state index contributed by atoms with van der Waals surface area (Å²) in [5, 5.41) is 36.6. The molecule has 3 fully saturated rings. The van der Waals surface area contributed by atoms with E-state index < -0.39 is 70.0 Å². The molecular formula is C53H48N4O10. The van der Waals surface area contributed by atoms with Crippen LogP contribution in [0.2, 0.25) is 0 Å². The summed E-state index contributed by atoms with van der Waals surface area (Å²) in [6, 6.07) is 31.5. The third-order valence-corrected chi connectivity index (χ3v) is 13.4. The predicted octanol–water partition coefficient (Wildman–Crippen LogP) is 8.04. The van der Waals surface area contributed by atoms with Gasteiger partial charge in [-0.3, -0.25) is 29.4 Å². The third kappa shape index (κ3) is 8.10. The van der Waals surface area contributed by atoms with Crippen LogP contribution in [0.3, 0.4) is 0 Å². The lowest BCUT2D eigenvalue weighted by Crippen LogP contribution is -2.55. The summed E-state index contributed by atoms with van der Waals surface area (Å²) in [4.78, 5) is 75.0. The number of nitrogens with zero attached hydrogens (tertiary/aromatic N) is 3. The number of imide groups is 1. The summed E-state index contributed by atoms with van der Waals surface area (Å²) in [6.07, 6.45) is 3.97. The average Bonchev–Trinajstić information content (AvgIpc) is 3.68. The number of morpholine rings is 1. The number of amides is 3. The molecule has 14 nitrogen and oxygen atoms in total. The van der Waals surface area contributed by atoms with Crippen LogP contribution in [0.1, 0.15) is 90.1 Å². The maximum Gasteiger partial charge on any atom is 0.421 e. The highest BCUT2D eigenvalue weighted by molar-refractivity contribution is 6.23. The van der Waals surface area contributed by atoms with Crippen LogP contribution in [0.25, 0.3) is 0 Å². The van der Waals surface area contributed by atoms with Crippen molar-refractivity contribution < 1.29 is 43.8 Å². The van der Waals surface area contributed by atoms with E-state index in [1.165, 1.54) is 42.5 Å². The molecule has 1 saturated carbocycles. The van der Waals surface area contributed by atoms with Gasteiger partial charge < -0.3 is 25.0 Å². The number of nitro benzene ring substituents is 1. The number of anilines is 1. The van der Waals surface area contributed by atoms with Crippen molar-refractivity contribution >= 4 is 35.3 Å². The molecule has 340 valence electrons. The van der Waals surface area contributed by atoms with E-state index in [9.17, 15) is 25.1 Å². The van der Waals surface area contributed by atoms with Crippen molar-refractivity contribution in [1.82, 2.24) is 10.2 Å². The second-order valence-electron chi connectivity index (χ2n) is 17.4. The molecule has 6 unspecified atom stereocenters. The first-order chi connectivity index (χ1) is 32.4. The van der Waals surface area contributed by atoms with Gasteiger partial charge in [0.15, 0.2) is 0 Å². The number of aromatic hydroxyl groups is 1. The number of fused-ring (bicyclic) bond motifs is 3. The molecule has 1 spiro atoms. The molecule has 9 rings (SSSR count). The zero-order valence-corrected chi connectivity index (χ0v) is 36.5. The van der Waals surface area contributed by atoms with Crippen LogP contribution in [0.4, 0.5) is 16.2 Å². The lowest BCUT2D eigenvalue weighted by Gasteiger charge is -2.46. The fraction of sp³-hybridized carbons (Fsp3) is 0.283. The van der Waals surface area contributed by atoms with Crippen molar-refractivity contribution in [2.75, 3.05) is 11.4 Å². The van der Waals surface area contributed by atoms with Crippen LogP contribution >= 0.6 is 0 Å². The Morgan fingerprint density at radius 2 is 1.52 bits per heavy atom. The summed E-state index contributed by atoms with van der Waals surface area (Å²) in [7, 11) is 0. The van der Waals surface area contributed by atoms with Crippen molar-refractivity contribution in [3.05, 3.63) is 184 Å². The van der Waals surface area contributed by atoms with Crippen LogP contribution in [-0.2, 0) is 35.9 Å². The number of nitrogens with one attached hydrogen (secondary N) is 1. The Hall–Kier alpha value is -7.60. The number of ether oxygens (including phenoxy) is 2. The summed E-state index contributed by atoms with van der Waals surface area (Å²) in [5.41, 5.74) is -0.655. The van der Waals surface area contributed by atoms with Crippen molar-refractivity contribution in [1.29, 1.82) is 0 Å². The fourth-order valence-corrected chi connectivity index (χ4v) is 10.5. The molecule has 6 atom stereocenters. The van der Waals surface area contributed by atoms with Crippen LogP contribution in [-0.4, -0.2) is 62.1 Å². The standard InChI is InChI=1S/C53H48N4O10/c1-2-31-54-48(59)43-45-49(60)67-46(37-15-9-6-10-16-37)44(36-13-7-5-8-14-36)56(45)47(38-20-24-40(58)25-21-38)53(43)41-32-34(27-30-52(63)28-11-3-4-12-29-52)19-26-42(41)55(50(53)61)51(62)66-33-35-17-22-39(23-18-35)57(64)65/h2,5-10,13-26,32,43-47,58,63H,1,3-4,11-12,28-29,31,33H2,(H,54,59). The molecule has 3 amide bonds. The minimum absolute atomic E-state index is 0.0298. The smallest absolute Gasteiger partial charge is 0.421 e. The highest BCUT2D eigenvalue weighted by Crippen LogP contribution is 2.66. The molecule has 5 aromatic rings. The number of esters is 1. The van der Waals surface area contributed by atoms with E-state index in [1.807, 2.05) is 65.6 Å². The van der Waals surface area contributed by atoms with Crippen LogP contribution in [0.15, 0.2) is 140 Å². The molecule has 2 saturated heterocycles. The third-order valence-electron chi connectivity index (χ3n) is 13.4. The van der Waals surface area contributed by atoms with Crippen molar-refractivity contribution in [2.45, 2.75) is 80.4 Å². The van der Waals surface area contributed by atoms with Gasteiger partial charge in [0, 0.05) is 24.2 Å². The van der Waals surface area contributed by atoms with E-state index in [0.29, 0.717) is 40.7 Å². The number of cyclic esters (lactones) is 1. The number of carbonyl (C=O) groups excluding carboxylic acids is 4. The molecule has 3 heterocycles. The molecule has 0 bridgehead atoms. The summed E-state index contributed by atoms with van der Waals surface area (Å²) < 4.78 is 12.3. The number of non-ortho nitro benzene ring substituents is 1. The number of benzene rings is 5. The Bertz CT molecular complexity index is 2780. The van der Waals surface area contributed by atoms with Gasteiger partial charge >= 0.3 is 12.1 Å². The lowest BCUT2D eigenvalue weighted by molar-refractivity contribution is -0.384. The maximum atomic E-state index is 16.3. The molecule has 14 heteroatoms. The van der Waals surface area contributed by atoms with Gasteiger partial charge in [0.2, 0.25) is 11.8 Å². The van der Waals surface area contributed by atoms with E-state index in [4.69, 9.17) is 9.47 Å². The number of phenolic OH excluding ortho intramolecular Hbond substituents is 1. The zero-order chi connectivity index (χ0) is 46.9. The van der Waals surface area contributed by atoms with E-state index in [2.05, 4.69) is 23.7 Å². The van der Waals surface area contributed by atoms with Crippen LogP contribution in [0.5, 0.6) is 5.75 Å². The molecule has 4 aliphatic rings. The van der Waals surface area contributed by atoms with Gasteiger partial charge in [0.1, 0.15) is 35.5 Å². The molecule has 5 aromatic carbocycles. The lowest BCUT2D eigenvalue weighted by atomic mass is 9.65. The maximum absolute atomic E-state index is 16.3. The Morgan fingerprint density at radius 3 is 2.16 bits per heavy atom. The van der Waals surface area contributed by atoms with Gasteiger partial charge in [-0.2, -0.15) is 0 Å². The molecular weight excluding hydrogens is 853 g/mol. The Kier molecular flexibility index (Phi) is 12.2. The first-order valence-corrected chi connectivity index (χ1v) is 22.4. The SMILES string of the molecule is C=CCNC(=O)C1C2C(=O)OC(c3ccccc3)C(c3ccccc3)N2C(c2ccc(O)cc2)C12C(=O)N(C(=O)OCc1ccc([N+](=O)[O-])cc1)c1ccc(C#CC3(O)CCCCCC3)cc12. The van der Waals surface area contributed by atoms with Gasteiger partial charge in [-0.05, 0) is 96.0 Å². The van der Waals surface area contributed by atoms with Crippen molar-refractivity contribution in [2.24, 2.45) is 5.92 Å². The zero-order valence-electron chi connectivity index (χ0n) is 36.5. The number of carbonyl (C=O) groups is 4. The number of rotatable bonds is 9. The van der Waals surface area contributed by atoms with Gasteiger partial charge in [-0.1, -0.05) is 104 Å². The number of hydrogen-bond donors (Lipinski definition) is 3. The second kappa shape index (κ2) is 18.4. The molecule has 3 N–H and O–H groups in total. The Balaban J connectivity index is 1.30. The first kappa shape index (κ1) is 44.6. The second-order valence-corrected chi connectivity index (χ2v) is 17.4. The largest absolute Gasteiger partial charge is 0.508 e. The topological polar surface area (TPSA) is 189 Å². The molecule has 0 radical (unpaired) electrons. The van der Waals surface area contributed by atoms with E-state index in [-0.39, 0.29) is 35.8 Å². The molecule has 0 aromatic heterocycles. The van der Waals surface area contributed by atoms with E-state index in [1.54, 1.807) is 30.3 Å². The van der Waals surface area contributed by atoms with Gasteiger partial charge in [0.25, 0.3) is 5.69 Å². The minimum atomic E-state index is -2.11. The minimum Gasteiger partial charge on any atom is -0.508 e. The molecule has 67 heavy (non-hydrogen) atoms. The first-order valence-electron chi connectivity index (χ1n) is 22.4. The Labute approximate surface area is 387 Å². The number of aliphatic hydroxyl groups is 1. The van der Waals surface area contributed by atoms with Crippen LogP contribution in [0, 0.1) is 27.9 Å². The van der Waals surface area contributed by atoms with E-state index in [0.717, 1.165) is 30.6 Å². The molecule has 1 aliphatic carbocycles. The quantitative estimate of drug-likeness (QED) is 0.0324. The highest BCUT2D eigenvalue weighted by atomic mass is 16.6. The van der Waals surface area contributed by atoms with E-state index >= 15 is 14.4 Å². The fourth-order valence-electron chi connectivity index (χ4n) is 10.5. The van der Waals surface area contributed by atoms with Gasteiger partial charge in [-0.15, -0.1) is 6.58 Å². The summed E-state index contributed by atoms with van der Waals surface area (Å²) in [5.74, 6) is 2.29. The number of hydrogen-bond acceptors (Lipinski definition) is 11. The predicted molar refractivity (Wildman–Crippen MR) is 246 cm³/mol.